The lowest BCUT2D eigenvalue weighted by Crippen LogP contribution is -2.46. The van der Waals surface area contributed by atoms with Gasteiger partial charge in [0.15, 0.2) is 0 Å². The Labute approximate surface area is 286 Å². The Morgan fingerprint density at radius 2 is 1.17 bits per heavy atom. The third-order valence-corrected chi connectivity index (χ3v) is 10.3. The number of hydrogen-bond acceptors (Lipinski definition) is 7. The Kier molecular flexibility index (Phi) is 13.1. The highest BCUT2D eigenvalue weighted by Crippen LogP contribution is 2.49. The van der Waals surface area contributed by atoms with Crippen LogP contribution in [0.5, 0.6) is 11.5 Å². The molecule has 1 fully saturated rings. The van der Waals surface area contributed by atoms with Gasteiger partial charge in [-0.15, -0.1) is 0 Å². The van der Waals surface area contributed by atoms with Gasteiger partial charge >= 0.3 is 5.97 Å². The number of aliphatic hydroxyl groups is 1. The zero-order valence-electron chi connectivity index (χ0n) is 29.3. The van der Waals surface area contributed by atoms with Gasteiger partial charge in [0.1, 0.15) is 17.1 Å². The van der Waals surface area contributed by atoms with Gasteiger partial charge in [0, 0.05) is 36.8 Å². The summed E-state index contributed by atoms with van der Waals surface area (Å²) in [7, 11) is 4.72. The molecule has 2 unspecified atom stereocenters. The maximum Gasteiger partial charge on any atom is 0.305 e. The molecule has 1 saturated heterocycles. The van der Waals surface area contributed by atoms with E-state index in [1.54, 1.807) is 14.2 Å². The summed E-state index contributed by atoms with van der Waals surface area (Å²) in [5, 5.41) is 10.8. The number of carbonyl (C=O) groups excluding carboxylic acids is 2. The molecule has 260 valence electrons. The van der Waals surface area contributed by atoms with Crippen LogP contribution in [0.4, 0.5) is 0 Å². The Balaban J connectivity index is 1.54. The first-order chi connectivity index (χ1) is 23.1. The van der Waals surface area contributed by atoms with E-state index in [0.29, 0.717) is 32.5 Å². The maximum absolute atomic E-state index is 13.5. The van der Waals surface area contributed by atoms with Crippen LogP contribution in [0.15, 0.2) is 78.9 Å². The van der Waals surface area contributed by atoms with Crippen LogP contribution >= 0.6 is 0 Å². The third kappa shape index (κ3) is 8.39. The summed E-state index contributed by atoms with van der Waals surface area (Å²) in [4.78, 5) is 26.7. The molecule has 1 aliphatic rings. The van der Waals surface area contributed by atoms with Crippen LogP contribution in [-0.4, -0.2) is 69.5 Å². The minimum Gasteiger partial charge on any atom is -0.497 e. The van der Waals surface area contributed by atoms with Crippen LogP contribution in [-0.2, 0) is 24.7 Å². The third-order valence-electron chi connectivity index (χ3n) is 10.3. The molecule has 8 nitrogen and oxygen atoms in total. The molecular formula is C40H53NO7. The highest BCUT2D eigenvalue weighted by molar-refractivity contribution is 5.76. The molecule has 8 heteroatoms. The molecule has 2 atom stereocenters. The van der Waals surface area contributed by atoms with Crippen molar-refractivity contribution in [1.29, 1.82) is 0 Å². The Bertz CT molecular complexity index is 1400. The van der Waals surface area contributed by atoms with Gasteiger partial charge in [0.05, 0.1) is 34.5 Å². The number of ether oxygens (including phenoxy) is 4. The molecule has 0 bridgehead atoms. The summed E-state index contributed by atoms with van der Waals surface area (Å²) in [6, 6.07) is 26.1. The smallest absolute Gasteiger partial charge is 0.305 e. The first-order valence-corrected chi connectivity index (χ1v) is 17.1. The summed E-state index contributed by atoms with van der Waals surface area (Å²) < 4.78 is 22.9. The largest absolute Gasteiger partial charge is 0.497 e. The van der Waals surface area contributed by atoms with E-state index in [2.05, 4.69) is 26.0 Å². The van der Waals surface area contributed by atoms with Gasteiger partial charge in [-0.05, 0) is 53.8 Å². The molecular weight excluding hydrogens is 606 g/mol. The second-order valence-electron chi connectivity index (χ2n) is 13.5. The van der Waals surface area contributed by atoms with Gasteiger partial charge in [-0.1, -0.05) is 94.1 Å². The van der Waals surface area contributed by atoms with Crippen molar-refractivity contribution < 1.29 is 33.6 Å². The summed E-state index contributed by atoms with van der Waals surface area (Å²) in [5.74, 6) is 1.45. The van der Waals surface area contributed by atoms with Crippen molar-refractivity contribution in [1.82, 2.24) is 4.90 Å². The normalized spacial score (nSPS) is 19.2. The topological polar surface area (TPSA) is 94.5 Å². The first kappa shape index (κ1) is 36.9. The number of unbranched alkanes of at least 4 members (excludes halogenated alkanes) is 5. The van der Waals surface area contributed by atoms with E-state index in [0.717, 1.165) is 66.7 Å². The van der Waals surface area contributed by atoms with E-state index in [1.165, 1.54) is 7.11 Å². The lowest BCUT2D eigenvalue weighted by Gasteiger charge is -2.43. The average Bonchev–Trinajstić information content (AvgIpc) is 3.40. The fourth-order valence-electron chi connectivity index (χ4n) is 6.77. The van der Waals surface area contributed by atoms with Crippen LogP contribution in [0.3, 0.4) is 0 Å². The van der Waals surface area contributed by atoms with Crippen molar-refractivity contribution in [2.24, 2.45) is 10.8 Å². The fourth-order valence-corrected chi connectivity index (χ4v) is 6.77. The zero-order chi connectivity index (χ0) is 34.6. The number of nitrogens with zero attached hydrogens (tertiary/aromatic N) is 1. The second-order valence-corrected chi connectivity index (χ2v) is 13.5. The molecule has 3 aromatic rings. The minimum absolute atomic E-state index is 0.0639. The number of amides is 1. The lowest BCUT2D eigenvalue weighted by atomic mass is 9.68. The van der Waals surface area contributed by atoms with E-state index < -0.39 is 16.4 Å². The van der Waals surface area contributed by atoms with Crippen molar-refractivity contribution in [3.63, 3.8) is 0 Å². The molecule has 0 saturated carbocycles. The molecule has 1 amide bonds. The van der Waals surface area contributed by atoms with E-state index in [9.17, 15) is 14.7 Å². The van der Waals surface area contributed by atoms with Gasteiger partial charge in [0.2, 0.25) is 5.91 Å². The number of hydrogen-bond donors (Lipinski definition) is 1. The van der Waals surface area contributed by atoms with Gasteiger partial charge in [-0.25, -0.2) is 0 Å². The molecule has 1 heterocycles. The SMILES string of the molecule is COC(=O)CCCCCCCCC(=O)N1CC(C)(CO)C(C)(COC(c2ccccc2)(c2ccc(OC)cc2)c2ccc(OC)cc2)C1. The number of aliphatic hydroxyl groups excluding tert-OH is 1. The van der Waals surface area contributed by atoms with Gasteiger partial charge in [-0.3, -0.25) is 9.59 Å². The molecule has 1 aliphatic heterocycles. The van der Waals surface area contributed by atoms with Gasteiger partial charge in [0.25, 0.3) is 0 Å². The van der Waals surface area contributed by atoms with E-state index in [4.69, 9.17) is 18.9 Å². The van der Waals surface area contributed by atoms with Crippen LogP contribution in [0.2, 0.25) is 0 Å². The fraction of sp³-hybridized carbons (Fsp3) is 0.500. The van der Waals surface area contributed by atoms with E-state index >= 15 is 0 Å². The molecule has 0 spiro atoms. The van der Waals surface area contributed by atoms with Crippen molar-refractivity contribution in [3.8, 4) is 11.5 Å². The maximum atomic E-state index is 13.5. The molecule has 0 radical (unpaired) electrons. The van der Waals surface area contributed by atoms with Crippen LogP contribution in [0.1, 0.15) is 81.9 Å². The predicted molar refractivity (Wildman–Crippen MR) is 187 cm³/mol. The average molecular weight is 660 g/mol. The zero-order valence-corrected chi connectivity index (χ0v) is 29.3. The highest BCUT2D eigenvalue weighted by Gasteiger charge is 2.54. The van der Waals surface area contributed by atoms with Gasteiger partial charge in [-0.2, -0.15) is 0 Å². The predicted octanol–water partition coefficient (Wildman–Crippen LogP) is 7.15. The van der Waals surface area contributed by atoms with Crippen molar-refractivity contribution in [3.05, 3.63) is 95.6 Å². The van der Waals surface area contributed by atoms with Gasteiger partial charge < -0.3 is 29.0 Å². The number of benzene rings is 3. The standard InChI is InChI=1S/C40H53NO7/c1-38(29-42)27-41(36(43)17-13-8-6-7-9-14-18-37(44)47-5)28-39(38,2)30-48-40(31-15-11-10-12-16-31,32-19-23-34(45-3)24-20-32)33-21-25-35(46-4)26-22-33/h10-12,15-16,19-26,42H,6-9,13-14,17-18,27-30H2,1-5H3. The summed E-state index contributed by atoms with van der Waals surface area (Å²) in [6.45, 7) is 5.38. The van der Waals surface area contributed by atoms with Crippen LogP contribution in [0, 0.1) is 10.8 Å². The molecule has 0 aliphatic carbocycles. The summed E-state index contributed by atoms with van der Waals surface area (Å²) in [5.41, 5.74) is 0.745. The number of likely N-dealkylation sites (tertiary alicyclic amines) is 1. The molecule has 1 N–H and O–H groups in total. The van der Waals surface area contributed by atoms with E-state index in [-0.39, 0.29) is 18.5 Å². The quantitative estimate of drug-likeness (QED) is 0.0881. The number of carbonyl (C=O) groups is 2. The van der Waals surface area contributed by atoms with Crippen LogP contribution in [0.25, 0.3) is 0 Å². The van der Waals surface area contributed by atoms with Crippen molar-refractivity contribution >= 4 is 11.9 Å². The number of esters is 1. The van der Waals surface area contributed by atoms with Crippen molar-refractivity contribution in [2.75, 3.05) is 47.6 Å². The molecule has 48 heavy (non-hydrogen) atoms. The summed E-state index contributed by atoms with van der Waals surface area (Å²) >= 11 is 0. The first-order valence-electron chi connectivity index (χ1n) is 17.1. The monoisotopic (exact) mass is 659 g/mol. The highest BCUT2D eigenvalue weighted by atomic mass is 16.5. The van der Waals surface area contributed by atoms with Crippen molar-refractivity contribution in [2.45, 2.75) is 70.8 Å². The summed E-state index contributed by atoms with van der Waals surface area (Å²) in [6.07, 6.45) is 6.63. The Morgan fingerprint density at radius 1 is 0.688 bits per heavy atom. The second kappa shape index (κ2) is 17.0. The molecule has 3 aromatic carbocycles. The Hall–Kier alpha value is -3.88. The molecule has 4 rings (SSSR count). The Morgan fingerprint density at radius 3 is 1.67 bits per heavy atom. The molecule has 0 aromatic heterocycles. The minimum atomic E-state index is -0.993. The number of methoxy groups -OCH3 is 3. The van der Waals surface area contributed by atoms with Crippen LogP contribution < -0.4 is 9.47 Å². The van der Waals surface area contributed by atoms with E-state index in [1.807, 2.05) is 71.6 Å². The number of rotatable bonds is 18. The lowest BCUT2D eigenvalue weighted by molar-refractivity contribution is -0.140.